The van der Waals surface area contributed by atoms with Crippen LogP contribution in [0.25, 0.3) is 33.4 Å². The van der Waals surface area contributed by atoms with Gasteiger partial charge in [0, 0.05) is 104 Å². The van der Waals surface area contributed by atoms with E-state index in [1.807, 2.05) is 51.8 Å². The number of halogens is 8. The molecule has 29 heteroatoms. The van der Waals surface area contributed by atoms with E-state index in [0.29, 0.717) is 51.0 Å². The Labute approximate surface area is 572 Å². The molecule has 10 N–H and O–H groups in total. The largest absolute Gasteiger partial charge is 0.506 e. The molecule has 0 spiro atoms. The van der Waals surface area contributed by atoms with Crippen molar-refractivity contribution in [3.05, 3.63) is 157 Å². The zero-order chi connectivity index (χ0) is 66.9. The lowest BCUT2D eigenvalue weighted by Crippen LogP contribution is -2.29. The predicted octanol–water partition coefficient (Wildman–Crippen LogP) is 14.7. The van der Waals surface area contributed by atoms with Gasteiger partial charge in [-0.1, -0.05) is 69.6 Å². The number of anilines is 3. The molecule has 0 amide bonds. The van der Waals surface area contributed by atoms with Crippen molar-refractivity contribution in [1.82, 2.24) is 60.2 Å². The molecule has 3 atom stereocenters. The molecule has 3 aliphatic rings. The number of rotatable bonds is 17. The molecule has 21 nitrogen and oxygen atoms in total. The third kappa shape index (κ3) is 16.0. The maximum absolute atomic E-state index is 14.2. The average molecular weight is 1410 g/mol. The molecule has 3 aromatic carbocycles. The van der Waals surface area contributed by atoms with Crippen LogP contribution in [0.1, 0.15) is 112 Å². The minimum atomic E-state index is -0.793. The SMILES string of the molecule is CC(Oc1cc(-c2cnn(C3CCNCC3)c2)cnc1N)c1c(Cl)c(O)cc(F)c1Cl.COc1cc(F)c(Cl)c(C(C)Oc2cc(-c3cnn(C4CCNCC4)c3)cnc2N)c1Cl.COc1ccc(Cl)c(C(C)Oc2cc(-c3cnn(C4CCNCC4)c3)cnc2N)c1Cl. The first-order valence-corrected chi connectivity index (χ1v) is 32.6. The van der Waals surface area contributed by atoms with Gasteiger partial charge in [0.15, 0.2) is 34.7 Å². The number of nitrogens with two attached hydrogens (primary N) is 3. The normalized spacial score (nSPS) is 15.6. The third-order valence-corrected chi connectivity index (χ3v) is 18.8. The number of nitrogens with zero attached hydrogens (tertiary/aromatic N) is 9. The van der Waals surface area contributed by atoms with Crippen LogP contribution in [0.15, 0.2) is 98.2 Å². The second-order valence-electron chi connectivity index (χ2n) is 22.7. The van der Waals surface area contributed by atoms with Crippen LogP contribution in [0.4, 0.5) is 26.2 Å². The fourth-order valence-corrected chi connectivity index (χ4v) is 13.4. The molecule has 6 aromatic heterocycles. The number of methoxy groups -OCH3 is 2. The monoisotopic (exact) mass is 1410 g/mol. The number of hydrogen-bond acceptors (Lipinski definition) is 18. The molecule has 0 bridgehead atoms. The van der Waals surface area contributed by atoms with Crippen molar-refractivity contribution in [2.24, 2.45) is 0 Å². The molecule has 3 fully saturated rings. The Morgan fingerprint density at radius 3 is 1.16 bits per heavy atom. The van der Waals surface area contributed by atoms with Crippen LogP contribution in [-0.4, -0.2) is 103 Å². The van der Waals surface area contributed by atoms with E-state index in [-0.39, 0.29) is 60.2 Å². The summed E-state index contributed by atoms with van der Waals surface area (Å²) in [6, 6.07) is 12.0. The fraction of sp³-hybridized carbons (Fsp3) is 0.354. The number of phenolic OH excluding ortho intramolecular Hbond substituents is 1. The summed E-state index contributed by atoms with van der Waals surface area (Å²) in [6.07, 6.45) is 20.8. The first kappa shape index (κ1) is 69.3. The van der Waals surface area contributed by atoms with E-state index in [2.05, 4.69) is 46.2 Å². The molecule has 0 saturated carbocycles. The summed E-state index contributed by atoms with van der Waals surface area (Å²) >= 11 is 37.6. The Hall–Kier alpha value is -7.58. The van der Waals surface area contributed by atoms with Crippen LogP contribution < -0.4 is 56.8 Å². The highest BCUT2D eigenvalue weighted by Crippen LogP contribution is 2.45. The minimum absolute atomic E-state index is 0.0789. The van der Waals surface area contributed by atoms with Gasteiger partial charge in [0.05, 0.1) is 76.0 Å². The van der Waals surface area contributed by atoms with Crippen molar-refractivity contribution in [1.29, 1.82) is 0 Å². The fourth-order valence-electron chi connectivity index (χ4n) is 11.3. The second-order valence-corrected chi connectivity index (χ2v) is 25.0. The van der Waals surface area contributed by atoms with Crippen molar-refractivity contribution >= 4 is 87.1 Å². The number of benzene rings is 3. The molecule has 3 unspecified atom stereocenters. The summed E-state index contributed by atoms with van der Waals surface area (Å²) in [5.41, 5.74) is 24.4. The number of nitrogen functional groups attached to an aromatic ring is 3. The number of phenols is 1. The van der Waals surface area contributed by atoms with Gasteiger partial charge in [0.2, 0.25) is 0 Å². The summed E-state index contributed by atoms with van der Waals surface area (Å²) in [6.45, 7) is 11.1. The zero-order valence-electron chi connectivity index (χ0n) is 52.0. The Morgan fingerprint density at radius 1 is 0.447 bits per heavy atom. The number of hydrogen-bond donors (Lipinski definition) is 7. The lowest BCUT2D eigenvalue weighted by Gasteiger charge is -2.22. The molecule has 9 heterocycles. The van der Waals surface area contributed by atoms with Gasteiger partial charge in [-0.2, -0.15) is 15.3 Å². The number of aromatic nitrogens is 9. The van der Waals surface area contributed by atoms with Gasteiger partial charge in [-0.3, -0.25) is 14.0 Å². The molecule has 9 aromatic rings. The number of nitrogens with one attached hydrogen (secondary N) is 3. The predicted molar refractivity (Wildman–Crippen MR) is 364 cm³/mol. The quantitative estimate of drug-likeness (QED) is 0.0417. The molecule has 12 rings (SSSR count). The number of piperidine rings is 3. The van der Waals surface area contributed by atoms with E-state index in [0.717, 1.165) is 123 Å². The highest BCUT2D eigenvalue weighted by Gasteiger charge is 2.28. The van der Waals surface area contributed by atoms with Crippen LogP contribution in [0, 0.1) is 11.6 Å². The molecular weight excluding hydrogens is 1340 g/mol. The molecule has 498 valence electrons. The van der Waals surface area contributed by atoms with E-state index in [1.165, 1.54) is 7.11 Å². The van der Waals surface area contributed by atoms with E-state index in [1.54, 1.807) is 76.2 Å². The van der Waals surface area contributed by atoms with Crippen LogP contribution in [0.5, 0.6) is 34.5 Å². The van der Waals surface area contributed by atoms with E-state index in [4.69, 9.17) is 110 Å². The molecule has 0 radical (unpaired) electrons. The van der Waals surface area contributed by atoms with Gasteiger partial charge in [-0.25, -0.2) is 23.7 Å². The van der Waals surface area contributed by atoms with E-state index in [9.17, 15) is 13.9 Å². The first-order chi connectivity index (χ1) is 45.2. The molecular formula is C65H71Cl6F2N15O6. The smallest absolute Gasteiger partial charge is 0.166 e. The lowest BCUT2D eigenvalue weighted by atomic mass is 10.1. The highest BCUT2D eigenvalue weighted by atomic mass is 35.5. The Morgan fingerprint density at radius 2 is 0.787 bits per heavy atom. The third-order valence-electron chi connectivity index (χ3n) is 16.5. The summed E-state index contributed by atoms with van der Waals surface area (Å²) < 4.78 is 62.7. The van der Waals surface area contributed by atoms with Crippen molar-refractivity contribution < 1.29 is 37.6 Å². The minimum Gasteiger partial charge on any atom is -0.506 e. The topological polar surface area (TPSA) is 273 Å². The number of pyridine rings is 3. The second kappa shape index (κ2) is 31.3. The summed E-state index contributed by atoms with van der Waals surface area (Å²) in [4.78, 5) is 12.8. The summed E-state index contributed by atoms with van der Waals surface area (Å²) in [7, 11) is 2.96. The number of aromatic hydroxyl groups is 1. The van der Waals surface area contributed by atoms with Gasteiger partial charge >= 0.3 is 0 Å². The Balaban J connectivity index is 0.000000154. The first-order valence-electron chi connectivity index (χ1n) is 30.3. The van der Waals surface area contributed by atoms with Crippen molar-refractivity contribution in [3.8, 4) is 67.9 Å². The summed E-state index contributed by atoms with van der Waals surface area (Å²) in [5, 5.41) is 34.2. The van der Waals surface area contributed by atoms with Gasteiger partial charge in [0.25, 0.3) is 0 Å². The molecule has 0 aliphatic carbocycles. The Bertz CT molecular complexity index is 4080. The van der Waals surface area contributed by atoms with Gasteiger partial charge in [-0.15, -0.1) is 0 Å². The van der Waals surface area contributed by atoms with Crippen LogP contribution >= 0.6 is 69.6 Å². The van der Waals surface area contributed by atoms with E-state index < -0.39 is 35.7 Å². The van der Waals surface area contributed by atoms with Crippen molar-refractivity contribution in [3.63, 3.8) is 0 Å². The summed E-state index contributed by atoms with van der Waals surface area (Å²) in [5.74, 6) is 0.561. The van der Waals surface area contributed by atoms with Gasteiger partial charge in [-0.05, 0) is 129 Å². The number of ether oxygens (including phenoxy) is 5. The van der Waals surface area contributed by atoms with Gasteiger partial charge < -0.3 is 61.9 Å². The van der Waals surface area contributed by atoms with Crippen LogP contribution in [0.2, 0.25) is 30.1 Å². The maximum Gasteiger partial charge on any atom is 0.166 e. The van der Waals surface area contributed by atoms with Gasteiger partial charge in [0.1, 0.15) is 47.2 Å². The molecule has 3 saturated heterocycles. The zero-order valence-corrected chi connectivity index (χ0v) is 56.5. The average Bonchev–Trinajstić information content (AvgIpc) is 1.10. The highest BCUT2D eigenvalue weighted by molar-refractivity contribution is 6.38. The maximum atomic E-state index is 14.2. The van der Waals surface area contributed by atoms with Crippen molar-refractivity contribution in [2.45, 2.75) is 95.7 Å². The standard InChI is InChI=1S/C22H24Cl2FN5O2.C22H25Cl2N5O2.C21H22Cl2FN5O2/c1-12(19-20(23)16(25)8-17(31-2)21(19)24)32-18-7-13(9-28-22(18)26)14-10-29-30(11-14)15-3-5-27-6-4-15;1-13(20-17(23)3-4-18(30-2)21(20)24)31-19-9-14(10-27-22(19)25)15-11-28-29(12-15)16-5-7-26-8-6-16;1-11(18-19(22)15(24)7-16(30)20(18)23)31-17-6-12(8-27-21(17)25)13-9-28-29(10-13)14-2-4-26-5-3-14/h7-12,15,27H,3-6H2,1-2H3,(H2,26,28);3-4,9-13,16,26H,5-8H2,1-2H3,(H2,25,27);6-11,14,26,30H,2-5H2,1H3,(H2,25,27). The van der Waals surface area contributed by atoms with Crippen LogP contribution in [0.3, 0.4) is 0 Å². The molecule has 3 aliphatic heterocycles. The lowest BCUT2D eigenvalue weighted by molar-refractivity contribution is 0.226. The van der Waals surface area contributed by atoms with E-state index >= 15 is 0 Å². The molecule has 94 heavy (non-hydrogen) atoms. The Kier molecular flexibility index (Phi) is 23.1. The van der Waals surface area contributed by atoms with Crippen molar-refractivity contribution in [2.75, 3.05) is 70.7 Å². The van der Waals surface area contributed by atoms with Crippen LogP contribution in [-0.2, 0) is 0 Å².